The largest absolute Gasteiger partial charge is 0.744 e. The number of ether oxygens (including phenoxy) is 2. The van der Waals surface area contributed by atoms with Gasteiger partial charge >= 0.3 is 190 Å². The van der Waals surface area contributed by atoms with E-state index < -0.39 is 23.7 Å². The van der Waals surface area contributed by atoms with Crippen LogP contribution >= 0.6 is 0 Å². The van der Waals surface area contributed by atoms with Crippen molar-refractivity contribution < 1.29 is 32.0 Å². The van der Waals surface area contributed by atoms with Gasteiger partial charge in [0.15, 0.2) is 0 Å². The Morgan fingerprint density at radius 2 is 1.12 bits per heavy atom. The first-order chi connectivity index (χ1) is 20.4. The van der Waals surface area contributed by atoms with Gasteiger partial charge in [-0.25, -0.2) is 8.42 Å². The molecular weight excluding hydrogens is 627 g/mol. The first kappa shape index (κ1) is 31.7. The number of carbonyl (C=O) groups is 2. The van der Waals surface area contributed by atoms with Crippen LogP contribution in [0.15, 0.2) is 120 Å². The first-order valence-corrected chi connectivity index (χ1v) is 19.4. The fourth-order valence-electron chi connectivity index (χ4n) is 4.69. The van der Waals surface area contributed by atoms with Crippen LogP contribution in [0, 0.1) is 6.92 Å². The van der Waals surface area contributed by atoms with Crippen LogP contribution in [0.1, 0.15) is 19.4 Å². The molecule has 0 aliphatic rings. The van der Waals surface area contributed by atoms with Gasteiger partial charge in [0.1, 0.15) is 10.1 Å². The second kappa shape index (κ2) is 13.4. The van der Waals surface area contributed by atoms with Crippen molar-refractivity contribution in [3.05, 3.63) is 121 Å². The maximum absolute atomic E-state index is 11.3. The van der Waals surface area contributed by atoms with Crippen molar-refractivity contribution in [2.45, 2.75) is 31.4 Å². The van der Waals surface area contributed by atoms with Gasteiger partial charge in [-0.3, -0.25) is 0 Å². The second-order valence-corrected chi connectivity index (χ2v) is 18.7. The van der Waals surface area contributed by atoms with Crippen LogP contribution < -0.4 is 22.5 Å². The van der Waals surface area contributed by atoms with E-state index in [0.29, 0.717) is 11.5 Å². The quantitative estimate of drug-likeness (QED) is 0.113. The molecule has 0 atom stereocenters. The molecule has 0 spiro atoms. The third-order valence-corrected chi connectivity index (χ3v) is 16.1. The monoisotopic (exact) mass is 658 g/mol. The minimum atomic E-state index is -4.27. The molecule has 0 saturated heterocycles. The van der Waals surface area contributed by atoms with E-state index >= 15 is 0 Å². The van der Waals surface area contributed by atoms with E-state index in [1.165, 1.54) is 49.8 Å². The van der Waals surface area contributed by atoms with Gasteiger partial charge in [-0.2, -0.15) is 0 Å². The number of benzene rings is 5. The van der Waals surface area contributed by atoms with Gasteiger partial charge in [-0.15, -0.1) is 0 Å². The summed E-state index contributed by atoms with van der Waals surface area (Å²) < 4.78 is 45.4. The van der Waals surface area contributed by atoms with Gasteiger partial charge in [-0.05, 0) is 19.1 Å². The molecule has 0 unspecified atom stereocenters. The predicted octanol–water partition coefficient (Wildman–Crippen LogP) is 4.69. The molecule has 5 aromatic carbocycles. The smallest absolute Gasteiger partial charge is 0.124 e. The molecule has 0 saturated carbocycles. The minimum absolute atomic E-state index is 0.178. The molecule has 0 aliphatic heterocycles. The molecule has 0 aromatic heterocycles. The summed E-state index contributed by atoms with van der Waals surface area (Å²) in [4.78, 5) is 22.5. The van der Waals surface area contributed by atoms with E-state index in [1.807, 2.05) is 31.2 Å². The molecule has 5 aromatic rings. The summed E-state index contributed by atoms with van der Waals surface area (Å²) in [5.41, 5.74) is 3.28. The van der Waals surface area contributed by atoms with Crippen LogP contribution in [0.5, 0.6) is 11.5 Å². The summed E-state index contributed by atoms with van der Waals surface area (Å²) in [5, 5.41) is 2.43. The SMILES string of the molecule is CC(=O)Oc1ccc([As+](C)(c2ccc(OC(C)=O)cc2)c2cccc3ccccc23)cc1.Cc1ccc(S(=O)(=O)[O-])cc1. The Hall–Kier alpha value is -4.23. The van der Waals surface area contributed by atoms with Crippen LogP contribution in [0.3, 0.4) is 0 Å². The molecule has 0 N–H and O–H groups in total. The maximum Gasteiger partial charge on any atom is 0.124 e. The topological polar surface area (TPSA) is 110 Å². The third-order valence-electron chi connectivity index (χ3n) is 6.79. The minimum Gasteiger partial charge on any atom is -0.744 e. The average molecular weight is 659 g/mol. The summed E-state index contributed by atoms with van der Waals surface area (Å²) in [6.07, 6.45) is 0. The Balaban J connectivity index is 0.000000324. The summed E-state index contributed by atoms with van der Waals surface area (Å²) in [5.74, 6) is 0.393. The van der Waals surface area contributed by atoms with E-state index in [1.54, 1.807) is 12.1 Å². The van der Waals surface area contributed by atoms with E-state index in [-0.39, 0.29) is 16.8 Å². The Labute approximate surface area is 254 Å². The Kier molecular flexibility index (Phi) is 9.87. The van der Waals surface area contributed by atoms with E-state index in [9.17, 15) is 22.6 Å². The van der Waals surface area contributed by atoms with Gasteiger partial charge in [0.2, 0.25) is 0 Å². The van der Waals surface area contributed by atoms with Gasteiger partial charge in [0, 0.05) is 0 Å². The van der Waals surface area contributed by atoms with Crippen molar-refractivity contribution in [2.75, 3.05) is 0 Å². The van der Waals surface area contributed by atoms with Gasteiger partial charge in [0.25, 0.3) is 0 Å². The van der Waals surface area contributed by atoms with Crippen molar-refractivity contribution >= 4 is 59.4 Å². The second-order valence-electron chi connectivity index (χ2n) is 9.95. The van der Waals surface area contributed by atoms with E-state index in [0.717, 1.165) is 5.56 Å². The van der Waals surface area contributed by atoms with Crippen LogP contribution in [-0.4, -0.2) is 38.5 Å². The molecule has 43 heavy (non-hydrogen) atoms. The maximum atomic E-state index is 11.3. The van der Waals surface area contributed by atoms with Crippen molar-refractivity contribution in [1.82, 2.24) is 0 Å². The average Bonchev–Trinajstić information content (AvgIpc) is 2.97. The number of fused-ring (bicyclic) bond motifs is 1. The van der Waals surface area contributed by atoms with E-state index in [2.05, 4.69) is 72.4 Å². The predicted molar refractivity (Wildman–Crippen MR) is 169 cm³/mol. The van der Waals surface area contributed by atoms with Crippen LogP contribution in [-0.2, 0) is 19.7 Å². The van der Waals surface area contributed by atoms with Crippen LogP contribution in [0.2, 0.25) is 5.71 Å². The molecule has 0 radical (unpaired) electrons. The van der Waals surface area contributed by atoms with Crippen molar-refractivity contribution in [3.8, 4) is 11.5 Å². The normalized spacial score (nSPS) is 11.3. The molecule has 9 heteroatoms. The number of rotatable bonds is 6. The Bertz CT molecular complexity index is 1780. The molecule has 0 fully saturated rings. The van der Waals surface area contributed by atoms with Gasteiger partial charge in [-0.1, -0.05) is 17.7 Å². The van der Waals surface area contributed by atoms with Crippen LogP contribution in [0.25, 0.3) is 10.8 Å². The zero-order valence-corrected chi connectivity index (χ0v) is 26.9. The zero-order chi connectivity index (χ0) is 31.2. The molecular formula is C34H31AsO7S. The summed E-state index contributed by atoms with van der Waals surface area (Å²) in [7, 11) is -4.27. The summed E-state index contributed by atoms with van der Waals surface area (Å²) in [6.45, 7) is 4.62. The fraction of sp³-hybridized carbons (Fsp3) is 0.118. The standard InChI is InChI=1S/C27H24AsO4.C7H8O3S/c1-19(29)31-24-15-11-22(12-16-24)28(3,23-13-17-25(18-14-23)32-20(2)30)27-10-6-8-21-7-4-5-9-26(21)27;1-6-2-4-7(5-3-6)11(8,9)10/h4-18H,1-3H3;2-5H,1H3,(H,8,9,10)/q+1;/p-1. The van der Waals surface area contributed by atoms with Crippen molar-refractivity contribution in [2.24, 2.45) is 0 Å². The van der Waals surface area contributed by atoms with Crippen molar-refractivity contribution in [1.29, 1.82) is 0 Å². The molecule has 7 nitrogen and oxygen atoms in total. The zero-order valence-electron chi connectivity index (χ0n) is 24.2. The fourth-order valence-corrected chi connectivity index (χ4v) is 12.3. The number of aryl methyl sites for hydroxylation is 1. The van der Waals surface area contributed by atoms with Crippen LogP contribution in [0.4, 0.5) is 0 Å². The Morgan fingerprint density at radius 1 is 0.651 bits per heavy atom. The van der Waals surface area contributed by atoms with Gasteiger partial charge < -0.3 is 4.55 Å². The number of esters is 2. The molecule has 220 valence electrons. The number of hydrogen-bond donors (Lipinski definition) is 0. The van der Waals surface area contributed by atoms with Gasteiger partial charge in [0.05, 0.1) is 4.90 Å². The first-order valence-electron chi connectivity index (χ1n) is 13.3. The summed E-state index contributed by atoms with van der Waals surface area (Å²) >= 11 is -2.91. The molecule has 0 bridgehead atoms. The summed E-state index contributed by atoms with van der Waals surface area (Å²) in [6, 6.07) is 36.3. The van der Waals surface area contributed by atoms with Crippen molar-refractivity contribution in [3.63, 3.8) is 0 Å². The number of carbonyl (C=O) groups excluding carboxylic acids is 2. The molecule has 5 rings (SSSR count). The molecule has 0 aliphatic carbocycles. The molecule has 0 heterocycles. The number of hydrogen-bond acceptors (Lipinski definition) is 7. The third kappa shape index (κ3) is 7.79. The van der Waals surface area contributed by atoms with E-state index in [4.69, 9.17) is 9.47 Å². The Morgan fingerprint density at radius 3 is 1.58 bits per heavy atom. The molecule has 0 amide bonds.